The SMILES string of the molecule is Fc1cccc(Cl)c1/C=N\N=C(/c1ccccc1)C12C[NH+]3C[NH+](C[NH+](C3)C1)C2. The van der Waals surface area contributed by atoms with Crippen LogP contribution in [0.5, 0.6) is 0 Å². The lowest BCUT2D eigenvalue weighted by Gasteiger charge is -2.52. The van der Waals surface area contributed by atoms with Crippen LogP contribution in [0.2, 0.25) is 5.02 Å². The summed E-state index contributed by atoms with van der Waals surface area (Å²) in [5.41, 5.74) is 2.40. The van der Waals surface area contributed by atoms with E-state index >= 15 is 0 Å². The molecule has 0 atom stereocenters. The average molecular weight is 401 g/mol. The smallest absolute Gasteiger partial charge is 0.213 e. The standard InChI is InChI=1S/C21H21ClFN5/c22-18-7-4-8-19(23)17(18)9-24-25-20(16-5-2-1-3-6-16)21-10-26-13-27(11-21)15-28(12-21)14-26/h1-9H,10-15H2/p+3/b24-9-,25-20+. The summed E-state index contributed by atoms with van der Waals surface area (Å²) in [6.45, 7) is 6.85. The van der Waals surface area contributed by atoms with Crippen molar-refractivity contribution in [1.29, 1.82) is 0 Å². The van der Waals surface area contributed by atoms with Crippen LogP contribution >= 0.6 is 11.6 Å². The zero-order valence-corrected chi connectivity index (χ0v) is 16.3. The van der Waals surface area contributed by atoms with Gasteiger partial charge in [0.15, 0.2) is 5.41 Å². The first-order valence-electron chi connectivity index (χ1n) is 9.75. The highest BCUT2D eigenvalue weighted by Gasteiger charge is 2.60. The van der Waals surface area contributed by atoms with E-state index in [0.29, 0.717) is 5.02 Å². The van der Waals surface area contributed by atoms with E-state index in [1.165, 1.54) is 32.3 Å². The van der Waals surface area contributed by atoms with Gasteiger partial charge >= 0.3 is 0 Å². The highest BCUT2D eigenvalue weighted by molar-refractivity contribution is 6.33. The van der Waals surface area contributed by atoms with Crippen molar-refractivity contribution in [2.75, 3.05) is 39.6 Å². The van der Waals surface area contributed by atoms with Crippen molar-refractivity contribution in [3.63, 3.8) is 0 Å². The Kier molecular flexibility index (Phi) is 4.51. The van der Waals surface area contributed by atoms with E-state index < -0.39 is 0 Å². The maximum atomic E-state index is 14.1. The molecule has 0 aromatic heterocycles. The number of rotatable bonds is 4. The third-order valence-electron chi connectivity index (χ3n) is 6.16. The van der Waals surface area contributed by atoms with E-state index in [1.807, 2.05) is 18.2 Å². The minimum atomic E-state index is -0.385. The number of nitrogens with zero attached hydrogens (tertiary/aromatic N) is 2. The summed E-state index contributed by atoms with van der Waals surface area (Å²) in [6.07, 6.45) is 1.44. The first-order chi connectivity index (χ1) is 13.6. The number of benzene rings is 2. The van der Waals surface area contributed by atoms with Crippen LogP contribution in [0.3, 0.4) is 0 Å². The maximum Gasteiger partial charge on any atom is 0.213 e. The molecule has 2 aromatic carbocycles. The van der Waals surface area contributed by atoms with E-state index in [-0.39, 0.29) is 16.8 Å². The second-order valence-electron chi connectivity index (χ2n) is 8.29. The molecule has 0 unspecified atom stereocenters. The molecule has 7 heteroatoms. The monoisotopic (exact) mass is 400 g/mol. The van der Waals surface area contributed by atoms with Crippen molar-refractivity contribution >= 4 is 23.5 Å². The molecule has 3 N–H and O–H groups in total. The molecule has 28 heavy (non-hydrogen) atoms. The lowest BCUT2D eigenvalue weighted by atomic mass is 9.74. The Morgan fingerprint density at radius 2 is 1.57 bits per heavy atom. The fourth-order valence-electron chi connectivity index (χ4n) is 5.34. The lowest BCUT2D eigenvalue weighted by Crippen LogP contribution is -3.56. The van der Waals surface area contributed by atoms with Crippen LogP contribution in [-0.2, 0) is 0 Å². The largest absolute Gasteiger partial charge is 0.241 e. The van der Waals surface area contributed by atoms with Gasteiger partial charge in [-0.3, -0.25) is 0 Å². The molecule has 5 nitrogen and oxygen atoms in total. The average Bonchev–Trinajstić information content (AvgIpc) is 2.66. The van der Waals surface area contributed by atoms with Crippen LogP contribution in [0.4, 0.5) is 4.39 Å². The van der Waals surface area contributed by atoms with Crippen LogP contribution in [0, 0.1) is 11.2 Å². The quantitative estimate of drug-likeness (QED) is 0.429. The van der Waals surface area contributed by atoms with Gasteiger partial charge in [0.25, 0.3) is 0 Å². The molecule has 4 aliphatic heterocycles. The summed E-state index contributed by atoms with van der Waals surface area (Å²) in [5.74, 6) is -0.385. The molecular formula is C21H24ClFN5+3. The molecule has 0 radical (unpaired) electrons. The summed E-state index contributed by atoms with van der Waals surface area (Å²) in [7, 11) is 0. The van der Waals surface area contributed by atoms with Crippen LogP contribution < -0.4 is 14.7 Å². The maximum absolute atomic E-state index is 14.1. The van der Waals surface area contributed by atoms with Gasteiger partial charge in [-0.25, -0.2) is 19.1 Å². The highest BCUT2D eigenvalue weighted by Crippen LogP contribution is 2.24. The van der Waals surface area contributed by atoms with Gasteiger partial charge in [-0.1, -0.05) is 48.0 Å². The number of nitrogens with one attached hydrogen (secondary N) is 3. The van der Waals surface area contributed by atoms with Crippen LogP contribution in [0.1, 0.15) is 11.1 Å². The fourth-order valence-corrected chi connectivity index (χ4v) is 5.55. The van der Waals surface area contributed by atoms with Crippen LogP contribution in [0.15, 0.2) is 58.7 Å². The van der Waals surface area contributed by atoms with Crippen molar-refractivity contribution in [2.45, 2.75) is 0 Å². The Morgan fingerprint density at radius 1 is 0.929 bits per heavy atom. The van der Waals surface area contributed by atoms with Crippen LogP contribution in [-0.4, -0.2) is 51.6 Å². The molecule has 6 rings (SSSR count). The molecule has 0 aliphatic carbocycles. The Balaban J connectivity index is 1.55. The van der Waals surface area contributed by atoms with E-state index in [1.54, 1.807) is 26.8 Å². The summed E-state index contributed by atoms with van der Waals surface area (Å²) in [4.78, 5) is 4.91. The molecule has 0 amide bonds. The van der Waals surface area contributed by atoms with Crippen molar-refractivity contribution < 1.29 is 19.1 Å². The van der Waals surface area contributed by atoms with Gasteiger partial charge in [-0.15, -0.1) is 0 Å². The second kappa shape index (κ2) is 7.04. The number of hydrogen-bond donors (Lipinski definition) is 3. The van der Waals surface area contributed by atoms with Crippen molar-refractivity contribution in [3.05, 3.63) is 70.5 Å². The van der Waals surface area contributed by atoms with E-state index in [4.69, 9.17) is 11.6 Å². The molecule has 4 fully saturated rings. The minimum absolute atomic E-state index is 0.00642. The molecule has 144 valence electrons. The van der Waals surface area contributed by atoms with Gasteiger partial charge in [0.2, 0.25) is 20.0 Å². The van der Waals surface area contributed by atoms with Crippen molar-refractivity contribution in [1.82, 2.24) is 0 Å². The topological polar surface area (TPSA) is 38.0 Å². The van der Waals surface area contributed by atoms with Crippen molar-refractivity contribution in [2.24, 2.45) is 15.6 Å². The molecule has 0 saturated carbocycles. The predicted molar refractivity (Wildman–Crippen MR) is 107 cm³/mol. The van der Waals surface area contributed by atoms with Gasteiger partial charge in [-0.05, 0) is 17.7 Å². The molecule has 4 aliphatic rings. The first kappa shape index (κ1) is 17.9. The van der Waals surface area contributed by atoms with E-state index in [0.717, 1.165) is 30.9 Å². The summed E-state index contributed by atoms with van der Waals surface area (Å²) >= 11 is 6.13. The second-order valence-corrected chi connectivity index (χ2v) is 8.69. The zero-order chi connectivity index (χ0) is 19.1. The van der Waals surface area contributed by atoms with Gasteiger partial charge in [-0.2, -0.15) is 10.2 Å². The summed E-state index contributed by atoms with van der Waals surface area (Å²) in [6, 6.07) is 14.9. The predicted octanol–water partition coefficient (Wildman–Crippen LogP) is -1.14. The highest BCUT2D eigenvalue weighted by atomic mass is 35.5. The zero-order valence-electron chi connectivity index (χ0n) is 15.6. The molecule has 4 heterocycles. The summed E-state index contributed by atoms with van der Waals surface area (Å²) in [5, 5.41) is 9.33. The van der Waals surface area contributed by atoms with Crippen molar-refractivity contribution in [3.8, 4) is 0 Å². The van der Waals surface area contributed by atoms with Crippen LogP contribution in [0.25, 0.3) is 0 Å². The molecule has 4 bridgehead atoms. The third kappa shape index (κ3) is 3.16. The Labute approximate surface area is 168 Å². The number of hydrogen-bond acceptors (Lipinski definition) is 2. The summed E-state index contributed by atoms with van der Waals surface area (Å²) < 4.78 is 14.1. The molecule has 0 spiro atoms. The molecule has 4 saturated heterocycles. The Morgan fingerprint density at radius 3 is 2.18 bits per heavy atom. The van der Waals surface area contributed by atoms with E-state index in [2.05, 4.69) is 22.3 Å². The van der Waals surface area contributed by atoms with Gasteiger partial charge in [0.05, 0.1) is 16.9 Å². The number of quaternary nitrogens is 3. The third-order valence-corrected chi connectivity index (χ3v) is 6.49. The molecular weight excluding hydrogens is 377 g/mol. The van der Waals surface area contributed by atoms with Gasteiger partial charge in [0.1, 0.15) is 25.5 Å². The van der Waals surface area contributed by atoms with Gasteiger partial charge in [0, 0.05) is 5.56 Å². The van der Waals surface area contributed by atoms with E-state index in [9.17, 15) is 4.39 Å². The fraction of sp³-hybridized carbons (Fsp3) is 0.333. The normalized spacial score (nSPS) is 31.6. The minimum Gasteiger partial charge on any atom is -0.241 e. The first-order valence-corrected chi connectivity index (χ1v) is 10.1. The Bertz CT molecular complexity index is 888. The molecule has 2 aromatic rings. The van der Waals surface area contributed by atoms with Gasteiger partial charge < -0.3 is 0 Å². The number of halogens is 2. The Hall–Kier alpha value is -2.12. The lowest BCUT2D eigenvalue weighted by molar-refractivity contribution is -1.30.